The van der Waals surface area contributed by atoms with Crippen molar-refractivity contribution < 1.29 is 105 Å². The Morgan fingerprint density at radius 3 is 1.40 bits per heavy atom. The summed E-state index contributed by atoms with van der Waals surface area (Å²) in [5.74, 6) is -8.06. The van der Waals surface area contributed by atoms with Crippen LogP contribution in [0.5, 0.6) is 0 Å². The standard InChI is InChI=1S/C73H81NO22/c1-46(75)74-61-57(88-48(3)77)36-73(95-65(61)62(90-50(5)79)60(89-49(4)78)45-83-47(2)76)72(80)94-64-59(44-82-38-52-26-14-7-15-27-52)92-71(69(67(64)96-73)86-41-55-32-20-10-21-33-55)93-63-58(43-81-37-51-24-12-6-13-25-51)91-70(87-42-56-34-22-11-23-35-56)68(85-40-54-30-18-9-19-31-54)66(63)84-39-53-28-16-8-17-29-53/h6-35,57-71H,36-45H2,1-5H3,(H,74,75)/t57-,58+,59+,60+,61+,62+,63+,64-,65+,66-,67-,68+,69+,70?,71-,73-/m0/s1. The maximum absolute atomic E-state index is 15.5. The molecule has 23 heteroatoms. The Labute approximate surface area is 557 Å². The number of carbonyl (C=O) groups excluding carboxylic acids is 6. The second-order valence-corrected chi connectivity index (χ2v) is 23.7. The minimum atomic E-state index is -2.67. The van der Waals surface area contributed by atoms with Crippen LogP contribution in [-0.4, -0.2) is 153 Å². The van der Waals surface area contributed by atoms with Gasteiger partial charge in [0.25, 0.3) is 5.79 Å². The van der Waals surface area contributed by atoms with E-state index in [4.69, 9.17) is 75.8 Å². The normalized spacial score (nSPS) is 26.8. The van der Waals surface area contributed by atoms with E-state index in [1.54, 1.807) is 0 Å². The lowest BCUT2D eigenvalue weighted by Gasteiger charge is -2.55. The van der Waals surface area contributed by atoms with Gasteiger partial charge in [-0.15, -0.1) is 0 Å². The zero-order chi connectivity index (χ0) is 67.4. The molecule has 0 radical (unpaired) electrons. The number of esters is 5. The van der Waals surface area contributed by atoms with Crippen molar-refractivity contribution in [1.29, 1.82) is 0 Å². The summed E-state index contributed by atoms with van der Waals surface area (Å²) in [5.41, 5.74) is 4.92. The molecule has 1 unspecified atom stereocenters. The molecule has 10 rings (SSSR count). The van der Waals surface area contributed by atoms with Crippen LogP contribution in [0.3, 0.4) is 0 Å². The third kappa shape index (κ3) is 19.5. The van der Waals surface area contributed by atoms with Crippen LogP contribution in [0.25, 0.3) is 0 Å². The van der Waals surface area contributed by atoms with Crippen molar-refractivity contribution in [2.45, 2.75) is 178 Å². The fourth-order valence-electron chi connectivity index (χ4n) is 12.0. The van der Waals surface area contributed by atoms with E-state index >= 15 is 4.79 Å². The fourth-order valence-corrected chi connectivity index (χ4v) is 12.0. The van der Waals surface area contributed by atoms with Crippen molar-refractivity contribution in [3.05, 3.63) is 215 Å². The maximum atomic E-state index is 15.5. The number of nitrogens with one attached hydrogen (secondary N) is 1. The maximum Gasteiger partial charge on any atom is 0.367 e. The first-order valence-corrected chi connectivity index (χ1v) is 31.9. The van der Waals surface area contributed by atoms with Gasteiger partial charge >= 0.3 is 29.8 Å². The molecule has 1 amide bonds. The number of hydrogen-bond acceptors (Lipinski definition) is 22. The Hall–Kier alpha value is -8.30. The van der Waals surface area contributed by atoms with Crippen LogP contribution in [0, 0.1) is 0 Å². The quantitative estimate of drug-likeness (QED) is 0.0332. The number of amides is 1. The van der Waals surface area contributed by atoms with E-state index < -0.39 is 146 Å². The molecule has 16 atom stereocenters. The third-order valence-electron chi connectivity index (χ3n) is 16.3. The van der Waals surface area contributed by atoms with E-state index in [9.17, 15) is 24.0 Å². The van der Waals surface area contributed by atoms with Crippen molar-refractivity contribution in [2.24, 2.45) is 0 Å². The highest BCUT2D eigenvalue weighted by Crippen LogP contribution is 2.45. The van der Waals surface area contributed by atoms with Gasteiger partial charge in [0.2, 0.25) is 5.91 Å². The van der Waals surface area contributed by atoms with E-state index in [1.165, 1.54) is 6.92 Å². The summed E-state index contributed by atoms with van der Waals surface area (Å²) in [5, 5.41) is 2.72. The number of ether oxygens (including phenoxy) is 16. The molecule has 510 valence electrons. The first kappa shape index (κ1) is 70.5. The van der Waals surface area contributed by atoms with Crippen LogP contribution in [0.4, 0.5) is 0 Å². The van der Waals surface area contributed by atoms with Crippen LogP contribution >= 0.6 is 0 Å². The van der Waals surface area contributed by atoms with E-state index in [0.717, 1.165) is 55.5 Å². The van der Waals surface area contributed by atoms with Gasteiger partial charge in [0.05, 0.1) is 65.3 Å². The summed E-state index contributed by atoms with van der Waals surface area (Å²) in [6.07, 6.45) is -20.2. The molecule has 6 aromatic rings. The lowest BCUT2D eigenvalue weighted by atomic mass is 9.86. The average molecular weight is 1320 g/mol. The van der Waals surface area contributed by atoms with Crippen LogP contribution in [-0.2, 0) is 144 Å². The van der Waals surface area contributed by atoms with Gasteiger partial charge in [-0.2, -0.15) is 0 Å². The third-order valence-corrected chi connectivity index (χ3v) is 16.3. The predicted octanol–water partition coefficient (Wildman–Crippen LogP) is 7.89. The summed E-state index contributed by atoms with van der Waals surface area (Å²) in [6.45, 7) is 4.83. The van der Waals surface area contributed by atoms with Gasteiger partial charge in [0.15, 0.2) is 30.9 Å². The molecule has 0 aromatic heterocycles. The number of fused-ring (bicyclic) bond motifs is 1. The molecule has 4 heterocycles. The van der Waals surface area contributed by atoms with E-state index in [-0.39, 0.29) is 52.9 Å². The molecule has 1 spiro atoms. The van der Waals surface area contributed by atoms with Gasteiger partial charge in [-0.3, -0.25) is 24.0 Å². The highest BCUT2D eigenvalue weighted by molar-refractivity contribution is 5.80. The summed E-state index contributed by atoms with van der Waals surface area (Å²) in [7, 11) is 0. The largest absolute Gasteiger partial charge is 0.462 e. The molecule has 4 saturated heterocycles. The molecular formula is C73H81NO22. The van der Waals surface area contributed by atoms with Crippen molar-refractivity contribution in [1.82, 2.24) is 5.32 Å². The van der Waals surface area contributed by atoms with Crippen molar-refractivity contribution in [2.75, 3.05) is 19.8 Å². The van der Waals surface area contributed by atoms with E-state index in [0.29, 0.717) is 5.56 Å². The Morgan fingerprint density at radius 2 is 0.927 bits per heavy atom. The Morgan fingerprint density at radius 1 is 0.479 bits per heavy atom. The molecule has 0 saturated carbocycles. The molecule has 4 fully saturated rings. The SMILES string of the molecule is CC(=O)N[C@H]1[C@H]([C@H](OC(C)=O)[C@@H](COC(C)=O)OC(C)=O)O[C@@]2(C[C@@H]1OC(C)=O)O[C@H]1[C@@H](OC2=O)[C@@H](COCc2ccccc2)O[C@@H](O[C@H]2[C@H](OCc3ccccc3)[C@@H](OCc3ccccc3)C(OCc3ccccc3)O[C@@H]2COCc2ccccc2)[C@@H]1OCc1ccccc1. The highest BCUT2D eigenvalue weighted by Gasteiger charge is 2.67. The van der Waals surface area contributed by atoms with Gasteiger partial charge in [-0.05, 0) is 33.4 Å². The van der Waals surface area contributed by atoms with Gasteiger partial charge in [0.1, 0.15) is 61.5 Å². The summed E-state index contributed by atoms with van der Waals surface area (Å²) >= 11 is 0. The average Bonchev–Trinajstić information content (AvgIpc) is 0.727. The fraction of sp³-hybridized carbons (Fsp3) is 0.425. The molecule has 96 heavy (non-hydrogen) atoms. The number of rotatable bonds is 30. The summed E-state index contributed by atoms with van der Waals surface area (Å²) in [4.78, 5) is 80.7. The second-order valence-electron chi connectivity index (χ2n) is 23.7. The minimum absolute atomic E-state index is 0.0519. The smallest absolute Gasteiger partial charge is 0.367 e. The Kier molecular flexibility index (Phi) is 25.4. The van der Waals surface area contributed by atoms with Crippen molar-refractivity contribution >= 4 is 35.8 Å². The number of benzene rings is 6. The molecule has 4 aliphatic heterocycles. The Bertz CT molecular complexity index is 3430. The van der Waals surface area contributed by atoms with Gasteiger partial charge in [-0.1, -0.05) is 182 Å². The first-order chi connectivity index (χ1) is 46.6. The molecule has 6 aromatic carbocycles. The Balaban J connectivity index is 1.11. The molecule has 4 aliphatic rings. The zero-order valence-electron chi connectivity index (χ0n) is 54.0. The number of carbonyl (C=O) groups is 6. The molecule has 1 N–H and O–H groups in total. The number of hydrogen-bond donors (Lipinski definition) is 1. The van der Waals surface area contributed by atoms with Gasteiger partial charge in [-0.25, -0.2) is 4.79 Å². The van der Waals surface area contributed by atoms with Crippen LogP contribution in [0.2, 0.25) is 0 Å². The molecular weight excluding hydrogens is 1240 g/mol. The summed E-state index contributed by atoms with van der Waals surface area (Å²) < 4.78 is 106. The minimum Gasteiger partial charge on any atom is -0.462 e. The van der Waals surface area contributed by atoms with E-state index in [1.807, 2.05) is 182 Å². The highest BCUT2D eigenvalue weighted by atomic mass is 16.8. The molecule has 0 aliphatic carbocycles. The monoisotopic (exact) mass is 1320 g/mol. The van der Waals surface area contributed by atoms with Crippen LogP contribution in [0.15, 0.2) is 182 Å². The van der Waals surface area contributed by atoms with Gasteiger partial charge < -0.3 is 81.1 Å². The summed E-state index contributed by atoms with van der Waals surface area (Å²) in [6, 6.07) is 55.5. The topological polar surface area (TPSA) is 262 Å². The predicted molar refractivity (Wildman–Crippen MR) is 339 cm³/mol. The van der Waals surface area contributed by atoms with Crippen LogP contribution in [0.1, 0.15) is 74.4 Å². The molecule has 0 bridgehead atoms. The lowest BCUT2D eigenvalue weighted by Crippen LogP contribution is -2.75. The van der Waals surface area contributed by atoms with E-state index in [2.05, 4.69) is 5.32 Å². The lowest BCUT2D eigenvalue weighted by molar-refractivity contribution is -0.412. The van der Waals surface area contributed by atoms with Crippen LogP contribution < -0.4 is 5.32 Å². The zero-order valence-corrected chi connectivity index (χ0v) is 54.0. The van der Waals surface area contributed by atoms with Gasteiger partial charge in [0, 0.05) is 34.6 Å². The second kappa shape index (κ2) is 34.6. The van der Waals surface area contributed by atoms with Crippen molar-refractivity contribution in [3.63, 3.8) is 0 Å². The first-order valence-electron chi connectivity index (χ1n) is 31.9. The van der Waals surface area contributed by atoms with Crippen molar-refractivity contribution in [3.8, 4) is 0 Å². The molecule has 23 nitrogen and oxygen atoms in total.